The molecule has 0 aliphatic carbocycles. The fraction of sp³-hybridized carbons (Fsp3) is 0.0667. The SMILES string of the molecule is Cc1c(O)c(O)c2cc3ccccc3cc2c1Oc1c(C)c(O)c(O)c2cc3ccccc3cc12. The lowest BCUT2D eigenvalue weighted by Crippen LogP contribution is -1.95. The third-order valence-electron chi connectivity index (χ3n) is 6.82. The van der Waals surface area contributed by atoms with Gasteiger partial charge in [0.1, 0.15) is 11.5 Å². The maximum atomic E-state index is 10.7. The highest BCUT2D eigenvalue weighted by molar-refractivity contribution is 6.08. The molecule has 0 heterocycles. The first-order valence-corrected chi connectivity index (χ1v) is 11.3. The Morgan fingerprint density at radius 1 is 0.457 bits per heavy atom. The lowest BCUT2D eigenvalue weighted by atomic mass is 9.98. The van der Waals surface area contributed by atoms with Crippen LogP contribution < -0.4 is 4.74 Å². The third-order valence-corrected chi connectivity index (χ3v) is 6.82. The zero-order chi connectivity index (χ0) is 24.4. The van der Waals surface area contributed by atoms with Gasteiger partial charge in [0.15, 0.2) is 23.0 Å². The second-order valence-electron chi connectivity index (χ2n) is 8.89. The monoisotopic (exact) mass is 462 g/mol. The number of aromatic hydroxyl groups is 4. The standard InChI is InChI=1S/C30H22O5/c1-15-25(31)27(33)21-11-17-7-3-5-9-19(17)13-23(21)29(15)35-30-16(2)26(32)28(34)22-12-18-8-4-6-10-20(18)14-24(22)30/h3-14,31-34H,1-2H3. The highest BCUT2D eigenvalue weighted by Gasteiger charge is 2.23. The van der Waals surface area contributed by atoms with Gasteiger partial charge < -0.3 is 25.2 Å². The second-order valence-corrected chi connectivity index (χ2v) is 8.89. The summed E-state index contributed by atoms with van der Waals surface area (Å²) in [5, 5.41) is 48.8. The summed E-state index contributed by atoms with van der Waals surface area (Å²) >= 11 is 0. The number of benzene rings is 6. The number of fused-ring (bicyclic) bond motifs is 4. The van der Waals surface area contributed by atoms with Gasteiger partial charge in [0.2, 0.25) is 0 Å². The molecule has 0 aromatic heterocycles. The normalized spacial score (nSPS) is 11.6. The Bertz CT molecular complexity index is 1700. The average molecular weight is 463 g/mol. The molecule has 5 nitrogen and oxygen atoms in total. The first kappa shape index (κ1) is 20.9. The van der Waals surface area contributed by atoms with Crippen LogP contribution in [0.2, 0.25) is 0 Å². The van der Waals surface area contributed by atoms with Crippen molar-refractivity contribution < 1.29 is 25.2 Å². The van der Waals surface area contributed by atoms with E-state index in [-0.39, 0.29) is 23.0 Å². The fourth-order valence-electron chi connectivity index (χ4n) is 4.84. The quantitative estimate of drug-likeness (QED) is 0.158. The van der Waals surface area contributed by atoms with E-state index in [9.17, 15) is 20.4 Å². The Kier molecular flexibility index (Phi) is 4.45. The minimum absolute atomic E-state index is 0.211. The molecule has 172 valence electrons. The molecule has 0 fully saturated rings. The lowest BCUT2D eigenvalue weighted by molar-refractivity contribution is 0.394. The van der Waals surface area contributed by atoms with Crippen molar-refractivity contribution in [2.75, 3.05) is 0 Å². The maximum absolute atomic E-state index is 10.7. The van der Waals surface area contributed by atoms with Gasteiger partial charge in [0.25, 0.3) is 0 Å². The van der Waals surface area contributed by atoms with Crippen molar-refractivity contribution in [1.29, 1.82) is 0 Å². The van der Waals surface area contributed by atoms with Crippen LogP contribution in [0.1, 0.15) is 11.1 Å². The van der Waals surface area contributed by atoms with Crippen molar-refractivity contribution in [2.45, 2.75) is 13.8 Å². The highest BCUT2D eigenvalue weighted by atomic mass is 16.5. The van der Waals surface area contributed by atoms with E-state index in [1.165, 1.54) is 0 Å². The zero-order valence-electron chi connectivity index (χ0n) is 19.1. The predicted octanol–water partition coefficient (Wildman–Crippen LogP) is 7.53. The molecule has 6 aromatic carbocycles. The molecule has 4 N–H and O–H groups in total. The van der Waals surface area contributed by atoms with Gasteiger partial charge in [-0.25, -0.2) is 0 Å². The van der Waals surface area contributed by atoms with E-state index in [0.717, 1.165) is 21.5 Å². The molecule has 0 saturated heterocycles. The summed E-state index contributed by atoms with van der Waals surface area (Å²) in [5.74, 6) is -0.225. The molecular formula is C30H22O5. The Morgan fingerprint density at radius 3 is 1.11 bits per heavy atom. The number of phenolic OH excluding ortho intramolecular Hbond substituents is 4. The molecule has 6 aromatic rings. The highest BCUT2D eigenvalue weighted by Crippen LogP contribution is 2.51. The fourth-order valence-corrected chi connectivity index (χ4v) is 4.84. The molecule has 0 spiro atoms. The van der Waals surface area contributed by atoms with Gasteiger partial charge in [-0.1, -0.05) is 48.5 Å². The maximum Gasteiger partial charge on any atom is 0.166 e. The average Bonchev–Trinajstić information content (AvgIpc) is 2.88. The molecule has 0 amide bonds. The van der Waals surface area contributed by atoms with Gasteiger partial charge in [-0.2, -0.15) is 0 Å². The first-order valence-electron chi connectivity index (χ1n) is 11.3. The van der Waals surface area contributed by atoms with Crippen LogP contribution in [0.5, 0.6) is 34.5 Å². The third kappa shape index (κ3) is 3.02. The molecule has 0 saturated carbocycles. The summed E-state index contributed by atoms with van der Waals surface area (Å²) in [6.07, 6.45) is 0. The van der Waals surface area contributed by atoms with Crippen LogP contribution in [0.3, 0.4) is 0 Å². The van der Waals surface area contributed by atoms with Gasteiger partial charge in [-0.05, 0) is 59.7 Å². The van der Waals surface area contributed by atoms with Crippen LogP contribution in [0.15, 0.2) is 72.8 Å². The zero-order valence-corrected chi connectivity index (χ0v) is 19.1. The van der Waals surface area contributed by atoms with Crippen molar-refractivity contribution in [2.24, 2.45) is 0 Å². The summed E-state index contributed by atoms with van der Waals surface area (Å²) in [7, 11) is 0. The van der Waals surface area contributed by atoms with E-state index in [4.69, 9.17) is 4.74 Å². The van der Waals surface area contributed by atoms with E-state index < -0.39 is 0 Å². The van der Waals surface area contributed by atoms with Crippen LogP contribution in [0.25, 0.3) is 43.1 Å². The van der Waals surface area contributed by atoms with E-state index in [1.807, 2.05) is 72.8 Å². The molecule has 35 heavy (non-hydrogen) atoms. The Hall–Kier alpha value is -4.64. The minimum atomic E-state index is -0.266. The first-order chi connectivity index (χ1) is 16.8. The van der Waals surface area contributed by atoms with E-state index in [0.29, 0.717) is 44.2 Å². The number of ether oxygens (including phenoxy) is 1. The van der Waals surface area contributed by atoms with Gasteiger partial charge >= 0.3 is 0 Å². The molecule has 0 atom stereocenters. The molecule has 0 radical (unpaired) electrons. The number of hydrogen-bond acceptors (Lipinski definition) is 5. The van der Waals surface area contributed by atoms with Crippen LogP contribution in [0.4, 0.5) is 0 Å². The van der Waals surface area contributed by atoms with Crippen LogP contribution in [-0.4, -0.2) is 20.4 Å². The molecule has 0 aliphatic rings. The summed E-state index contributed by atoms with van der Waals surface area (Å²) < 4.78 is 6.49. The Labute approximate surface area is 200 Å². The van der Waals surface area contributed by atoms with E-state index in [1.54, 1.807) is 13.8 Å². The minimum Gasteiger partial charge on any atom is -0.504 e. The van der Waals surface area contributed by atoms with Crippen LogP contribution in [0, 0.1) is 13.8 Å². The molecule has 0 unspecified atom stereocenters. The van der Waals surface area contributed by atoms with Gasteiger partial charge in [0.05, 0.1) is 0 Å². The Morgan fingerprint density at radius 2 is 0.771 bits per heavy atom. The predicted molar refractivity (Wildman–Crippen MR) is 139 cm³/mol. The van der Waals surface area contributed by atoms with Crippen LogP contribution >= 0.6 is 0 Å². The van der Waals surface area contributed by atoms with Gasteiger partial charge in [-0.3, -0.25) is 0 Å². The Balaban J connectivity index is 1.70. The van der Waals surface area contributed by atoms with Crippen LogP contribution in [-0.2, 0) is 0 Å². The summed E-state index contributed by atoms with van der Waals surface area (Å²) in [5.41, 5.74) is 0.734. The topological polar surface area (TPSA) is 90.2 Å². The molecule has 5 heteroatoms. The summed E-state index contributed by atoms with van der Waals surface area (Å²) in [6, 6.07) is 23.0. The number of phenols is 4. The molecule has 0 aliphatic heterocycles. The van der Waals surface area contributed by atoms with E-state index >= 15 is 0 Å². The lowest BCUT2D eigenvalue weighted by Gasteiger charge is -2.20. The molecule has 0 bridgehead atoms. The van der Waals surface area contributed by atoms with E-state index in [2.05, 4.69) is 0 Å². The largest absolute Gasteiger partial charge is 0.504 e. The van der Waals surface area contributed by atoms with Crippen molar-refractivity contribution in [1.82, 2.24) is 0 Å². The molecule has 6 rings (SSSR count). The summed E-state index contributed by atoms with van der Waals surface area (Å²) in [4.78, 5) is 0. The number of rotatable bonds is 2. The molecular weight excluding hydrogens is 440 g/mol. The number of hydrogen-bond donors (Lipinski definition) is 4. The van der Waals surface area contributed by atoms with Gasteiger partial charge in [-0.15, -0.1) is 0 Å². The van der Waals surface area contributed by atoms with Crippen molar-refractivity contribution in [3.8, 4) is 34.5 Å². The smallest absolute Gasteiger partial charge is 0.166 e. The van der Waals surface area contributed by atoms with Crippen molar-refractivity contribution in [3.05, 3.63) is 83.9 Å². The second kappa shape index (κ2) is 7.43. The van der Waals surface area contributed by atoms with Crippen molar-refractivity contribution in [3.63, 3.8) is 0 Å². The summed E-state index contributed by atoms with van der Waals surface area (Å²) in [6.45, 7) is 3.35. The van der Waals surface area contributed by atoms with Crippen molar-refractivity contribution >= 4 is 43.1 Å². The van der Waals surface area contributed by atoms with Gasteiger partial charge in [0, 0.05) is 32.7 Å².